The van der Waals surface area contributed by atoms with Crippen LogP contribution in [0.1, 0.15) is 65.2 Å². The van der Waals surface area contributed by atoms with Gasteiger partial charge in [-0.05, 0) is 52.4 Å². The van der Waals surface area contributed by atoms with E-state index in [0.717, 1.165) is 25.7 Å². The molecule has 0 atom stereocenters. The zero-order valence-corrected chi connectivity index (χ0v) is 17.4. The third-order valence-corrected chi connectivity index (χ3v) is 5.23. The van der Waals surface area contributed by atoms with Gasteiger partial charge in [-0.15, -0.1) is 0 Å². The third kappa shape index (κ3) is 9.76. The van der Waals surface area contributed by atoms with Gasteiger partial charge < -0.3 is 14.0 Å². The Labute approximate surface area is 165 Å². The van der Waals surface area contributed by atoms with E-state index in [4.69, 9.17) is 9.47 Å². The Kier molecular flexibility index (Phi) is 11.0. The van der Waals surface area contributed by atoms with Crippen LogP contribution in [-0.2, 0) is 19.1 Å². The van der Waals surface area contributed by atoms with Crippen molar-refractivity contribution >= 4 is 11.9 Å². The normalized spacial score (nSPS) is 15.3. The molecule has 0 N–H and O–H groups in total. The molecule has 154 valence electrons. The van der Waals surface area contributed by atoms with Crippen molar-refractivity contribution in [3.05, 3.63) is 24.3 Å². The number of nitrogens with zero attached hydrogens (tertiary/aromatic N) is 1. The lowest BCUT2D eigenvalue weighted by Gasteiger charge is -2.34. The number of carbonyl (C=O) groups is 2. The van der Waals surface area contributed by atoms with Crippen LogP contribution in [0.2, 0.25) is 0 Å². The Morgan fingerprint density at radius 3 is 1.52 bits per heavy atom. The molecule has 0 radical (unpaired) electrons. The lowest BCUT2D eigenvalue weighted by atomic mass is 10.1. The van der Waals surface area contributed by atoms with E-state index in [1.165, 1.54) is 56.3 Å². The predicted octanol–water partition coefficient (Wildman–Crippen LogP) is 4.18. The lowest BCUT2D eigenvalue weighted by Crippen LogP contribution is -2.46. The van der Waals surface area contributed by atoms with Crippen molar-refractivity contribution in [1.29, 1.82) is 0 Å². The van der Waals surface area contributed by atoms with Crippen molar-refractivity contribution in [2.45, 2.75) is 65.2 Å². The summed E-state index contributed by atoms with van der Waals surface area (Å²) in [5.74, 6) is -0.570. The molecule has 0 aromatic carbocycles. The molecule has 0 unspecified atom stereocenters. The largest absolute Gasteiger partial charge is 0.462 e. The molecule has 0 aliphatic carbocycles. The highest BCUT2D eigenvalue weighted by Gasteiger charge is 2.30. The van der Waals surface area contributed by atoms with Crippen LogP contribution >= 0.6 is 0 Å². The highest BCUT2D eigenvalue weighted by atomic mass is 16.5. The van der Waals surface area contributed by atoms with Crippen molar-refractivity contribution in [3.8, 4) is 0 Å². The van der Waals surface area contributed by atoms with Crippen molar-refractivity contribution < 1.29 is 23.5 Å². The predicted molar refractivity (Wildman–Crippen MR) is 108 cm³/mol. The first kappa shape index (κ1) is 23.4. The maximum absolute atomic E-state index is 11.3. The fraction of sp³-hybridized carbons (Fsp3) is 0.727. The maximum atomic E-state index is 11.3. The number of hydrogen-bond acceptors (Lipinski definition) is 4. The molecule has 0 aromatic heterocycles. The Hall–Kier alpha value is -1.62. The van der Waals surface area contributed by atoms with Crippen LogP contribution < -0.4 is 0 Å². The number of esters is 2. The van der Waals surface area contributed by atoms with E-state index < -0.39 is 0 Å². The SMILES string of the molecule is C=C(C)C(=O)OCCCCC[N+]1(CCCCCOC(=O)C(=C)C)CCCC1. The summed E-state index contributed by atoms with van der Waals surface area (Å²) < 4.78 is 11.5. The van der Waals surface area contributed by atoms with Crippen LogP contribution in [-0.4, -0.2) is 55.8 Å². The summed E-state index contributed by atoms with van der Waals surface area (Å²) >= 11 is 0. The van der Waals surface area contributed by atoms with Gasteiger partial charge in [0.05, 0.1) is 39.4 Å². The molecule has 1 heterocycles. The van der Waals surface area contributed by atoms with Gasteiger partial charge in [-0.25, -0.2) is 9.59 Å². The minimum Gasteiger partial charge on any atom is -0.462 e. The van der Waals surface area contributed by atoms with E-state index >= 15 is 0 Å². The molecule has 1 saturated heterocycles. The van der Waals surface area contributed by atoms with E-state index in [-0.39, 0.29) is 11.9 Å². The summed E-state index contributed by atoms with van der Waals surface area (Å²) in [6, 6.07) is 0. The van der Waals surface area contributed by atoms with E-state index in [1.54, 1.807) is 13.8 Å². The molecule has 5 nitrogen and oxygen atoms in total. The molecule has 1 rings (SSSR count). The zero-order chi connectivity index (χ0) is 20.1. The van der Waals surface area contributed by atoms with Crippen LogP contribution in [0.15, 0.2) is 24.3 Å². The quantitative estimate of drug-likeness (QED) is 0.196. The second-order valence-corrected chi connectivity index (χ2v) is 7.90. The molecular formula is C22H38NO4+. The van der Waals surface area contributed by atoms with Gasteiger partial charge in [0.2, 0.25) is 0 Å². The van der Waals surface area contributed by atoms with E-state index in [0.29, 0.717) is 24.4 Å². The van der Waals surface area contributed by atoms with Gasteiger partial charge in [0.15, 0.2) is 0 Å². The average Bonchev–Trinajstić information content (AvgIpc) is 3.09. The van der Waals surface area contributed by atoms with Crippen molar-refractivity contribution in [2.24, 2.45) is 0 Å². The van der Waals surface area contributed by atoms with E-state index in [9.17, 15) is 9.59 Å². The summed E-state index contributed by atoms with van der Waals surface area (Å²) in [5.41, 5.74) is 0.928. The number of unbranched alkanes of at least 4 members (excludes halogenated alkanes) is 4. The molecule has 0 spiro atoms. The first-order valence-electron chi connectivity index (χ1n) is 10.4. The number of ether oxygens (including phenoxy) is 2. The highest BCUT2D eigenvalue weighted by molar-refractivity contribution is 5.87. The van der Waals surface area contributed by atoms with Crippen LogP contribution in [0.25, 0.3) is 0 Å². The van der Waals surface area contributed by atoms with E-state index in [2.05, 4.69) is 13.2 Å². The van der Waals surface area contributed by atoms with Crippen molar-refractivity contribution in [2.75, 3.05) is 39.4 Å². The number of likely N-dealkylation sites (tertiary alicyclic amines) is 1. The minimum absolute atomic E-state index is 0.285. The molecule has 1 fully saturated rings. The Morgan fingerprint density at radius 1 is 0.741 bits per heavy atom. The van der Waals surface area contributed by atoms with Crippen LogP contribution in [0.5, 0.6) is 0 Å². The average molecular weight is 381 g/mol. The van der Waals surface area contributed by atoms with Gasteiger partial charge in [-0.1, -0.05) is 13.2 Å². The molecule has 1 aliphatic heterocycles. The minimum atomic E-state index is -0.285. The molecule has 0 bridgehead atoms. The summed E-state index contributed by atoms with van der Waals surface area (Å²) in [7, 11) is 0. The van der Waals surface area contributed by atoms with Crippen molar-refractivity contribution in [3.63, 3.8) is 0 Å². The summed E-state index contributed by atoms with van der Waals surface area (Å²) in [6.45, 7) is 16.5. The number of carbonyl (C=O) groups excluding carboxylic acids is 2. The van der Waals surface area contributed by atoms with Gasteiger partial charge in [0.1, 0.15) is 0 Å². The second kappa shape index (κ2) is 12.7. The molecule has 0 aromatic rings. The standard InChI is InChI=1S/C22H38NO4/c1-19(2)21(24)26-17-11-5-7-13-23(15-9-10-16-23)14-8-6-12-18-27-22(25)20(3)4/h1,3,5-18H2,2,4H3/q+1. The lowest BCUT2D eigenvalue weighted by molar-refractivity contribution is -0.917. The molecule has 27 heavy (non-hydrogen) atoms. The number of rotatable bonds is 14. The van der Waals surface area contributed by atoms with Crippen LogP contribution in [0.4, 0.5) is 0 Å². The first-order valence-corrected chi connectivity index (χ1v) is 10.4. The molecule has 5 heteroatoms. The van der Waals surface area contributed by atoms with Crippen LogP contribution in [0.3, 0.4) is 0 Å². The Bertz CT molecular complexity index is 466. The van der Waals surface area contributed by atoms with Gasteiger partial charge in [-0.3, -0.25) is 0 Å². The molecular weight excluding hydrogens is 342 g/mol. The van der Waals surface area contributed by atoms with Gasteiger partial charge in [0, 0.05) is 24.0 Å². The first-order chi connectivity index (χ1) is 12.9. The summed E-state index contributed by atoms with van der Waals surface area (Å²) in [6.07, 6.45) is 9.06. The highest BCUT2D eigenvalue weighted by Crippen LogP contribution is 2.22. The van der Waals surface area contributed by atoms with Gasteiger partial charge in [-0.2, -0.15) is 0 Å². The Morgan fingerprint density at radius 2 is 1.15 bits per heavy atom. The van der Waals surface area contributed by atoms with Crippen LogP contribution in [0, 0.1) is 0 Å². The summed E-state index contributed by atoms with van der Waals surface area (Å²) in [4.78, 5) is 22.7. The fourth-order valence-electron chi connectivity index (χ4n) is 3.59. The van der Waals surface area contributed by atoms with Gasteiger partial charge in [0.25, 0.3) is 0 Å². The smallest absolute Gasteiger partial charge is 0.333 e. The fourth-order valence-corrected chi connectivity index (χ4v) is 3.59. The molecule has 0 amide bonds. The molecule has 1 aliphatic rings. The second-order valence-electron chi connectivity index (χ2n) is 7.90. The zero-order valence-electron chi connectivity index (χ0n) is 17.4. The number of hydrogen-bond donors (Lipinski definition) is 0. The van der Waals surface area contributed by atoms with Crippen molar-refractivity contribution in [1.82, 2.24) is 0 Å². The number of quaternary nitrogens is 1. The van der Waals surface area contributed by atoms with E-state index in [1.807, 2.05) is 0 Å². The maximum Gasteiger partial charge on any atom is 0.333 e. The van der Waals surface area contributed by atoms with Gasteiger partial charge >= 0.3 is 11.9 Å². The topological polar surface area (TPSA) is 52.6 Å². The Balaban J connectivity index is 2.14. The monoisotopic (exact) mass is 380 g/mol. The molecule has 0 saturated carbocycles. The third-order valence-electron chi connectivity index (χ3n) is 5.23. The summed E-state index contributed by atoms with van der Waals surface area (Å²) in [5, 5.41) is 0.